The average Bonchev–Trinajstić information content (AvgIpc) is 2.34. The molecule has 2 atom stereocenters. The van der Waals surface area contributed by atoms with Gasteiger partial charge in [-0.2, -0.15) is 18.4 Å². The summed E-state index contributed by atoms with van der Waals surface area (Å²) in [5.41, 5.74) is -0.975. The van der Waals surface area contributed by atoms with Crippen molar-refractivity contribution in [3.05, 3.63) is 29.3 Å². The average molecular weight is 290 g/mol. The molecule has 0 bridgehead atoms. The second-order valence-corrected chi connectivity index (χ2v) is 5.86. The van der Waals surface area contributed by atoms with Crippen molar-refractivity contribution in [1.82, 2.24) is 0 Å². The molecule has 1 aromatic carbocycles. The summed E-state index contributed by atoms with van der Waals surface area (Å²) >= 11 is 0. The van der Waals surface area contributed by atoms with Crippen molar-refractivity contribution < 1.29 is 17.4 Å². The molecule has 0 saturated heterocycles. The normalized spacial score (nSPS) is 14.5. The lowest BCUT2D eigenvalue weighted by atomic mass is 10.1. The molecule has 0 aliphatic rings. The molecule has 1 rings (SSSR count). The van der Waals surface area contributed by atoms with E-state index in [0.717, 1.165) is 12.1 Å². The van der Waals surface area contributed by atoms with Crippen LogP contribution in [0.5, 0.6) is 0 Å². The van der Waals surface area contributed by atoms with Gasteiger partial charge in [0.25, 0.3) is 0 Å². The Morgan fingerprint density at radius 1 is 1.47 bits per heavy atom. The third kappa shape index (κ3) is 4.24. The van der Waals surface area contributed by atoms with Crippen LogP contribution in [0.1, 0.15) is 18.1 Å². The fourth-order valence-electron chi connectivity index (χ4n) is 1.37. The number of alkyl halides is 3. The largest absolute Gasteiger partial charge is 0.417 e. The molecule has 3 nitrogen and oxygen atoms in total. The molecule has 2 unspecified atom stereocenters. The maximum atomic E-state index is 12.6. The minimum absolute atomic E-state index is 0.132. The van der Waals surface area contributed by atoms with Crippen molar-refractivity contribution in [1.29, 1.82) is 5.26 Å². The van der Waals surface area contributed by atoms with Crippen molar-refractivity contribution in [2.45, 2.75) is 18.3 Å². The lowest BCUT2D eigenvalue weighted by Crippen LogP contribution is -2.20. The number of halogens is 3. The van der Waals surface area contributed by atoms with Crippen molar-refractivity contribution >= 4 is 16.5 Å². The lowest BCUT2D eigenvalue weighted by Gasteiger charge is -2.13. The molecule has 19 heavy (non-hydrogen) atoms. The van der Waals surface area contributed by atoms with Gasteiger partial charge in [0.2, 0.25) is 0 Å². The van der Waals surface area contributed by atoms with Gasteiger partial charge >= 0.3 is 6.18 Å². The van der Waals surface area contributed by atoms with Crippen molar-refractivity contribution in [3.8, 4) is 6.07 Å². The van der Waals surface area contributed by atoms with Crippen LogP contribution < -0.4 is 5.32 Å². The van der Waals surface area contributed by atoms with Gasteiger partial charge in [-0.1, -0.05) is 0 Å². The summed E-state index contributed by atoms with van der Waals surface area (Å²) in [6, 6.07) is 4.81. The SMILES string of the molecule is CC(CNc1ccc(C(F)(F)F)c(C#N)c1)S(C)=O. The van der Waals surface area contributed by atoms with E-state index in [1.54, 1.807) is 13.2 Å². The van der Waals surface area contributed by atoms with E-state index in [-0.39, 0.29) is 5.25 Å². The number of nitriles is 1. The van der Waals surface area contributed by atoms with E-state index in [2.05, 4.69) is 5.32 Å². The summed E-state index contributed by atoms with van der Waals surface area (Å²) < 4.78 is 48.9. The monoisotopic (exact) mass is 290 g/mol. The first-order valence-corrected chi connectivity index (χ1v) is 7.05. The van der Waals surface area contributed by atoms with Crippen LogP contribution in [0.25, 0.3) is 0 Å². The summed E-state index contributed by atoms with van der Waals surface area (Å²) in [5.74, 6) is 0. The van der Waals surface area contributed by atoms with Crippen molar-refractivity contribution in [3.63, 3.8) is 0 Å². The molecule has 0 aliphatic heterocycles. The number of rotatable bonds is 4. The summed E-state index contributed by atoms with van der Waals surface area (Å²) in [7, 11) is -1.02. The highest BCUT2D eigenvalue weighted by Crippen LogP contribution is 2.32. The van der Waals surface area contributed by atoms with Crippen LogP contribution in [0.4, 0.5) is 18.9 Å². The van der Waals surface area contributed by atoms with Gasteiger partial charge in [-0.25, -0.2) is 0 Å². The summed E-state index contributed by atoms with van der Waals surface area (Å²) in [4.78, 5) is 0. The summed E-state index contributed by atoms with van der Waals surface area (Å²) in [6.45, 7) is 2.12. The molecule has 0 spiro atoms. The molecule has 104 valence electrons. The van der Waals surface area contributed by atoms with Crippen LogP contribution in [0, 0.1) is 11.3 Å². The molecular formula is C12H13F3N2OS. The van der Waals surface area contributed by atoms with Crippen LogP contribution in [-0.4, -0.2) is 22.3 Å². The number of hydrogen-bond donors (Lipinski definition) is 1. The minimum Gasteiger partial charge on any atom is -0.384 e. The van der Waals surface area contributed by atoms with E-state index in [4.69, 9.17) is 5.26 Å². The number of benzene rings is 1. The Morgan fingerprint density at radius 3 is 2.58 bits per heavy atom. The molecule has 0 fully saturated rings. The van der Waals surface area contributed by atoms with Crippen LogP contribution >= 0.6 is 0 Å². The predicted octanol–water partition coefficient (Wildman–Crippen LogP) is 2.76. The first kappa shape index (κ1) is 15.5. The molecule has 1 N–H and O–H groups in total. The van der Waals surface area contributed by atoms with Gasteiger partial charge in [-0.3, -0.25) is 4.21 Å². The Balaban J connectivity index is 2.90. The number of hydrogen-bond acceptors (Lipinski definition) is 3. The first-order valence-electron chi connectivity index (χ1n) is 5.43. The predicted molar refractivity (Wildman–Crippen MR) is 68.2 cm³/mol. The minimum atomic E-state index is -4.54. The maximum absolute atomic E-state index is 12.6. The lowest BCUT2D eigenvalue weighted by molar-refractivity contribution is -0.137. The number of nitrogens with one attached hydrogen (secondary N) is 1. The summed E-state index contributed by atoms with van der Waals surface area (Å²) in [5, 5.41) is 11.5. The molecule has 7 heteroatoms. The van der Waals surface area contributed by atoms with E-state index in [1.807, 2.05) is 0 Å². The summed E-state index contributed by atoms with van der Waals surface area (Å²) in [6.07, 6.45) is -2.98. The smallest absolute Gasteiger partial charge is 0.384 e. The van der Waals surface area contributed by atoms with Gasteiger partial charge in [-0.15, -0.1) is 0 Å². The Morgan fingerprint density at radius 2 is 2.11 bits per heavy atom. The van der Waals surface area contributed by atoms with Crippen LogP contribution in [-0.2, 0) is 17.0 Å². The highest BCUT2D eigenvalue weighted by molar-refractivity contribution is 7.84. The molecule has 0 heterocycles. The van der Waals surface area contributed by atoms with Crippen LogP contribution in [0.2, 0.25) is 0 Å². The Hall–Kier alpha value is -1.55. The number of anilines is 1. The molecule has 0 amide bonds. The second kappa shape index (κ2) is 6.06. The standard InChI is InChI=1S/C12H13F3N2OS/c1-8(19(2)18)7-17-10-3-4-11(12(13,14)15)9(5-10)6-16/h3-5,8,17H,7H2,1-2H3. The van der Waals surface area contributed by atoms with E-state index < -0.39 is 28.1 Å². The van der Waals surface area contributed by atoms with Crippen LogP contribution in [0.15, 0.2) is 18.2 Å². The van der Waals surface area contributed by atoms with Gasteiger partial charge in [0, 0.05) is 34.5 Å². The van der Waals surface area contributed by atoms with Gasteiger partial charge in [0.05, 0.1) is 17.2 Å². The molecule has 0 radical (unpaired) electrons. The van der Waals surface area contributed by atoms with Crippen LogP contribution in [0.3, 0.4) is 0 Å². The molecule has 0 aromatic heterocycles. The zero-order valence-corrected chi connectivity index (χ0v) is 11.2. The Labute approximate surface area is 111 Å². The quantitative estimate of drug-likeness (QED) is 0.927. The van der Waals surface area contributed by atoms with Gasteiger partial charge in [0.1, 0.15) is 0 Å². The highest BCUT2D eigenvalue weighted by atomic mass is 32.2. The third-order valence-electron chi connectivity index (χ3n) is 2.61. The molecular weight excluding hydrogens is 277 g/mol. The zero-order chi connectivity index (χ0) is 14.6. The highest BCUT2D eigenvalue weighted by Gasteiger charge is 2.33. The first-order chi connectivity index (χ1) is 8.75. The van der Waals surface area contributed by atoms with Gasteiger partial charge in [0.15, 0.2) is 0 Å². The van der Waals surface area contributed by atoms with Crippen molar-refractivity contribution in [2.75, 3.05) is 18.1 Å². The fraction of sp³-hybridized carbons (Fsp3) is 0.417. The maximum Gasteiger partial charge on any atom is 0.417 e. The molecule has 0 aliphatic carbocycles. The number of nitrogens with zero attached hydrogens (tertiary/aromatic N) is 1. The Kier molecular flexibility index (Phi) is 4.95. The second-order valence-electron chi connectivity index (χ2n) is 4.06. The van der Waals surface area contributed by atoms with Crippen molar-refractivity contribution in [2.24, 2.45) is 0 Å². The van der Waals surface area contributed by atoms with Gasteiger partial charge in [-0.05, 0) is 25.1 Å². The van der Waals surface area contributed by atoms with Gasteiger partial charge < -0.3 is 5.32 Å². The van der Waals surface area contributed by atoms with E-state index in [0.29, 0.717) is 12.2 Å². The molecule has 0 saturated carbocycles. The topological polar surface area (TPSA) is 52.9 Å². The van der Waals surface area contributed by atoms with E-state index in [9.17, 15) is 17.4 Å². The fourth-order valence-corrected chi connectivity index (χ4v) is 1.69. The zero-order valence-electron chi connectivity index (χ0n) is 10.4. The van der Waals surface area contributed by atoms with E-state index in [1.165, 1.54) is 12.1 Å². The Bertz CT molecular complexity index is 523. The third-order valence-corrected chi connectivity index (χ3v) is 3.91. The molecule has 1 aromatic rings. The van der Waals surface area contributed by atoms with E-state index >= 15 is 0 Å².